The number of nitrogens with one attached hydrogen (secondary N) is 1. The van der Waals surface area contributed by atoms with Gasteiger partial charge in [0.2, 0.25) is 0 Å². The topological polar surface area (TPSA) is 75.6 Å². The Balaban J connectivity index is 1.53. The molecule has 0 unspecified atom stereocenters. The molecule has 0 bridgehead atoms. The van der Waals surface area contributed by atoms with Crippen LogP contribution in [0.2, 0.25) is 0 Å². The number of carbonyl (C=O) groups is 2. The van der Waals surface area contributed by atoms with Crippen molar-refractivity contribution in [3.05, 3.63) is 71.3 Å². The monoisotopic (exact) mass is 339 g/mol. The number of hydrogen-bond donors (Lipinski definition) is 2. The van der Waals surface area contributed by atoms with Crippen LogP contribution in [0.15, 0.2) is 54.6 Å². The molecule has 0 aliphatic heterocycles. The van der Waals surface area contributed by atoms with Crippen LogP contribution in [0, 0.1) is 0 Å². The lowest BCUT2D eigenvalue weighted by Crippen LogP contribution is -2.34. The first-order valence-electron chi connectivity index (χ1n) is 8.42. The molecule has 0 fully saturated rings. The van der Waals surface area contributed by atoms with Crippen LogP contribution in [-0.2, 0) is 20.7 Å². The highest BCUT2D eigenvalue weighted by Gasteiger charge is 2.23. The number of benzene rings is 2. The number of rotatable bonds is 5. The fourth-order valence-electron chi connectivity index (χ4n) is 3.13. The maximum atomic E-state index is 12.1. The van der Waals surface area contributed by atoms with Gasteiger partial charge in [0.1, 0.15) is 0 Å². The fraction of sp³-hybridized carbons (Fsp3) is 0.300. The van der Waals surface area contributed by atoms with Crippen LogP contribution >= 0.6 is 0 Å². The number of hydrogen-bond acceptors (Lipinski definition) is 4. The van der Waals surface area contributed by atoms with Gasteiger partial charge >= 0.3 is 5.97 Å². The normalized spacial score (nSPS) is 17.2. The Bertz CT molecular complexity index is 744. The first-order chi connectivity index (χ1) is 12.1. The van der Waals surface area contributed by atoms with E-state index in [1.807, 2.05) is 18.2 Å². The predicted molar refractivity (Wildman–Crippen MR) is 92.6 cm³/mol. The van der Waals surface area contributed by atoms with Crippen LogP contribution in [0.25, 0.3) is 0 Å². The highest BCUT2D eigenvalue weighted by atomic mass is 16.5. The molecule has 2 atom stereocenters. The minimum atomic E-state index is -1.38. The zero-order valence-electron chi connectivity index (χ0n) is 13.9. The van der Waals surface area contributed by atoms with Crippen LogP contribution in [0.1, 0.15) is 41.7 Å². The molecule has 0 saturated carbocycles. The molecule has 0 spiro atoms. The molecule has 2 aromatic rings. The first kappa shape index (κ1) is 17.2. The number of aliphatic hydroxyl groups is 1. The fourth-order valence-corrected chi connectivity index (χ4v) is 3.13. The number of esters is 1. The highest BCUT2D eigenvalue weighted by Crippen LogP contribution is 2.29. The summed E-state index contributed by atoms with van der Waals surface area (Å²) in [4.78, 5) is 24.0. The lowest BCUT2D eigenvalue weighted by atomic mass is 9.88. The molecule has 0 heterocycles. The van der Waals surface area contributed by atoms with Crippen LogP contribution in [-0.4, -0.2) is 23.6 Å². The van der Waals surface area contributed by atoms with E-state index in [0.717, 1.165) is 24.8 Å². The number of ether oxygens (including phenoxy) is 1. The van der Waals surface area contributed by atoms with Gasteiger partial charge in [-0.05, 0) is 36.0 Å². The summed E-state index contributed by atoms with van der Waals surface area (Å²) in [5, 5.41) is 12.9. The van der Waals surface area contributed by atoms with Crippen molar-refractivity contribution >= 4 is 11.9 Å². The molecule has 3 rings (SSSR count). The summed E-state index contributed by atoms with van der Waals surface area (Å²) in [6.45, 7) is -0.401. The molecule has 2 aromatic carbocycles. The summed E-state index contributed by atoms with van der Waals surface area (Å²) in [5.41, 5.74) is 2.81. The molecule has 0 radical (unpaired) electrons. The average molecular weight is 339 g/mol. The van der Waals surface area contributed by atoms with Gasteiger partial charge in [-0.15, -0.1) is 0 Å². The van der Waals surface area contributed by atoms with Crippen LogP contribution < -0.4 is 5.32 Å². The number of fused-ring (bicyclic) bond motifs is 1. The summed E-state index contributed by atoms with van der Waals surface area (Å²) >= 11 is 0. The lowest BCUT2D eigenvalue weighted by molar-refractivity contribution is -0.157. The minimum absolute atomic E-state index is 0.0600. The van der Waals surface area contributed by atoms with Gasteiger partial charge in [-0.1, -0.05) is 54.6 Å². The summed E-state index contributed by atoms with van der Waals surface area (Å²) in [6, 6.07) is 16.5. The first-order valence-corrected chi connectivity index (χ1v) is 8.42. The van der Waals surface area contributed by atoms with Gasteiger partial charge in [0.05, 0.1) is 6.04 Å². The standard InChI is InChI=1S/C20H21NO4/c22-18(13-25-20(24)19(23)15-8-2-1-3-9-15)21-17-12-6-10-14-7-4-5-11-16(14)17/h1-5,7-9,11,17,19,23H,6,10,12-13H2,(H,21,22)/t17-,19+/m0/s1. The molecular weight excluding hydrogens is 318 g/mol. The lowest BCUT2D eigenvalue weighted by Gasteiger charge is -2.26. The van der Waals surface area contributed by atoms with Gasteiger partial charge in [0.25, 0.3) is 5.91 Å². The Hall–Kier alpha value is -2.66. The second kappa shape index (κ2) is 7.94. The average Bonchev–Trinajstić information content (AvgIpc) is 2.66. The molecule has 0 saturated heterocycles. The zero-order valence-corrected chi connectivity index (χ0v) is 13.9. The molecule has 5 heteroatoms. The second-order valence-electron chi connectivity index (χ2n) is 6.13. The summed E-state index contributed by atoms with van der Waals surface area (Å²) < 4.78 is 4.95. The summed E-state index contributed by atoms with van der Waals surface area (Å²) in [5.74, 6) is -1.19. The van der Waals surface area contributed by atoms with Crippen molar-refractivity contribution < 1.29 is 19.4 Å². The van der Waals surface area contributed by atoms with Gasteiger partial charge in [-0.3, -0.25) is 4.79 Å². The smallest absolute Gasteiger partial charge is 0.340 e. The van der Waals surface area contributed by atoms with E-state index in [-0.39, 0.29) is 11.9 Å². The number of aliphatic hydroxyl groups excluding tert-OH is 1. The third-order valence-electron chi connectivity index (χ3n) is 4.39. The number of amides is 1. The van der Waals surface area contributed by atoms with E-state index in [0.29, 0.717) is 5.56 Å². The van der Waals surface area contributed by atoms with Gasteiger partial charge in [-0.2, -0.15) is 0 Å². The molecular formula is C20H21NO4. The van der Waals surface area contributed by atoms with Crippen molar-refractivity contribution in [2.24, 2.45) is 0 Å². The predicted octanol–water partition coefficient (Wildman–Crippen LogP) is 2.46. The van der Waals surface area contributed by atoms with Gasteiger partial charge in [-0.25, -0.2) is 4.79 Å². The largest absolute Gasteiger partial charge is 0.453 e. The van der Waals surface area contributed by atoms with Gasteiger partial charge in [0, 0.05) is 0 Å². The Morgan fingerprint density at radius 2 is 1.84 bits per heavy atom. The highest BCUT2D eigenvalue weighted by molar-refractivity contribution is 5.82. The van der Waals surface area contributed by atoms with Crippen molar-refractivity contribution in [2.45, 2.75) is 31.4 Å². The van der Waals surface area contributed by atoms with Crippen LogP contribution in [0.3, 0.4) is 0 Å². The van der Waals surface area contributed by atoms with Crippen molar-refractivity contribution in [2.75, 3.05) is 6.61 Å². The van der Waals surface area contributed by atoms with E-state index in [1.54, 1.807) is 30.3 Å². The van der Waals surface area contributed by atoms with Crippen molar-refractivity contribution in [1.29, 1.82) is 0 Å². The quantitative estimate of drug-likeness (QED) is 0.821. The molecule has 25 heavy (non-hydrogen) atoms. The molecule has 1 amide bonds. The van der Waals surface area contributed by atoms with E-state index >= 15 is 0 Å². The Labute approximate surface area is 146 Å². The van der Waals surface area contributed by atoms with Crippen LogP contribution in [0.5, 0.6) is 0 Å². The molecule has 5 nitrogen and oxygen atoms in total. The molecule has 2 N–H and O–H groups in total. The maximum absolute atomic E-state index is 12.1. The van der Waals surface area contributed by atoms with E-state index in [1.165, 1.54) is 5.56 Å². The van der Waals surface area contributed by atoms with Crippen LogP contribution in [0.4, 0.5) is 0 Å². The number of carbonyl (C=O) groups excluding carboxylic acids is 2. The zero-order chi connectivity index (χ0) is 17.6. The number of aryl methyl sites for hydroxylation is 1. The summed E-state index contributed by atoms with van der Waals surface area (Å²) in [7, 11) is 0. The van der Waals surface area contributed by atoms with Crippen molar-refractivity contribution in [3.8, 4) is 0 Å². The van der Waals surface area contributed by atoms with Crippen molar-refractivity contribution in [3.63, 3.8) is 0 Å². The van der Waals surface area contributed by atoms with Crippen molar-refractivity contribution in [1.82, 2.24) is 5.32 Å². The second-order valence-corrected chi connectivity index (χ2v) is 6.13. The Morgan fingerprint density at radius 3 is 2.64 bits per heavy atom. The molecule has 1 aliphatic carbocycles. The summed E-state index contributed by atoms with van der Waals surface area (Å²) in [6.07, 6.45) is 1.50. The van der Waals surface area contributed by atoms with Gasteiger partial charge < -0.3 is 15.2 Å². The van der Waals surface area contributed by atoms with E-state index in [9.17, 15) is 14.7 Å². The molecule has 1 aliphatic rings. The molecule has 0 aromatic heterocycles. The van der Waals surface area contributed by atoms with E-state index < -0.39 is 18.7 Å². The third-order valence-corrected chi connectivity index (χ3v) is 4.39. The SMILES string of the molecule is O=C(COC(=O)[C@H](O)c1ccccc1)N[C@H]1CCCc2ccccc21. The third kappa shape index (κ3) is 4.25. The van der Waals surface area contributed by atoms with E-state index in [4.69, 9.17) is 4.74 Å². The van der Waals surface area contributed by atoms with Gasteiger partial charge in [0.15, 0.2) is 12.7 Å². The Kier molecular flexibility index (Phi) is 5.46. The molecule has 130 valence electrons. The minimum Gasteiger partial charge on any atom is -0.453 e. The van der Waals surface area contributed by atoms with E-state index in [2.05, 4.69) is 11.4 Å². The Morgan fingerprint density at radius 1 is 1.12 bits per heavy atom. The maximum Gasteiger partial charge on any atom is 0.340 e.